The average Bonchev–Trinajstić information content (AvgIpc) is 2.52. The van der Waals surface area contributed by atoms with Gasteiger partial charge in [-0.15, -0.1) is 0 Å². The van der Waals surface area contributed by atoms with Crippen LogP contribution in [0.2, 0.25) is 0 Å². The van der Waals surface area contributed by atoms with E-state index in [0.29, 0.717) is 0 Å². The molecule has 0 heterocycles. The minimum absolute atomic E-state index is 0.879. The van der Waals surface area contributed by atoms with Crippen LogP contribution in [0, 0.1) is 0 Å². The number of halogens is 3. The number of rotatable bonds is 12. The maximum absolute atomic E-state index is 10.7. The fourth-order valence-corrected chi connectivity index (χ4v) is 8.87. The van der Waals surface area contributed by atoms with Gasteiger partial charge in [0.15, 0.2) is 0 Å². The topological polar surface area (TPSA) is 54.4 Å². The van der Waals surface area contributed by atoms with Crippen molar-refractivity contribution in [3.8, 4) is 0 Å². The molecule has 0 aromatic rings. The predicted octanol–water partition coefficient (Wildman–Crippen LogP) is 6.33. The summed E-state index contributed by atoms with van der Waals surface area (Å²) < 4.78 is 57.5. The van der Waals surface area contributed by atoms with E-state index in [1.54, 1.807) is 24.6 Å². The quantitative estimate of drug-likeness (QED) is 0.232. The van der Waals surface area contributed by atoms with Crippen LogP contribution in [0.5, 0.6) is 0 Å². The second-order valence-corrected chi connectivity index (χ2v) is 13.2. The van der Waals surface area contributed by atoms with Gasteiger partial charge in [0.05, 0.1) is 0 Å². The van der Waals surface area contributed by atoms with Crippen LogP contribution >= 0.6 is 7.26 Å². The molecule has 0 unspecified atom stereocenters. The second-order valence-electron chi connectivity index (χ2n) is 6.84. The van der Waals surface area contributed by atoms with Crippen molar-refractivity contribution in [3.05, 3.63) is 0 Å². The molecule has 0 spiro atoms. The van der Waals surface area contributed by atoms with Crippen molar-refractivity contribution in [2.45, 2.75) is 84.6 Å². The van der Waals surface area contributed by atoms with Gasteiger partial charge in [-0.3, -0.25) is 4.55 Å². The Labute approximate surface area is 153 Å². The number of unbranched alkanes of at least 4 members (excludes halogenated alkanes) is 4. The first-order chi connectivity index (χ1) is 11.5. The maximum Gasteiger partial charge on any atom is 0.522 e. The van der Waals surface area contributed by atoms with E-state index >= 15 is 0 Å². The van der Waals surface area contributed by atoms with Crippen molar-refractivity contribution in [2.24, 2.45) is 0 Å². The first-order valence-electron chi connectivity index (χ1n) is 9.53. The molecule has 0 aliphatic carbocycles. The van der Waals surface area contributed by atoms with E-state index in [0.717, 1.165) is 0 Å². The van der Waals surface area contributed by atoms with Crippen LogP contribution in [0.25, 0.3) is 0 Å². The molecule has 0 aromatic heterocycles. The zero-order chi connectivity index (χ0) is 20.0. The molecule has 3 nitrogen and oxygen atoms in total. The number of hydrogen-bond acceptors (Lipinski definition) is 2. The van der Waals surface area contributed by atoms with Gasteiger partial charge in [-0.25, -0.2) is 0 Å². The fourth-order valence-electron chi connectivity index (χ4n) is 2.96. The van der Waals surface area contributed by atoms with Crippen molar-refractivity contribution in [1.82, 2.24) is 0 Å². The molecule has 8 heteroatoms. The van der Waals surface area contributed by atoms with Crippen molar-refractivity contribution in [2.75, 3.05) is 24.6 Å². The molecule has 0 amide bonds. The van der Waals surface area contributed by atoms with E-state index in [2.05, 4.69) is 27.7 Å². The first-order valence-corrected chi connectivity index (χ1v) is 13.8. The Morgan fingerprint density at radius 1 is 0.720 bits per heavy atom. The van der Waals surface area contributed by atoms with Crippen LogP contribution in [0.3, 0.4) is 0 Å². The summed E-state index contributed by atoms with van der Waals surface area (Å²) in [5.74, 6) is 0. The van der Waals surface area contributed by atoms with Crippen molar-refractivity contribution in [3.63, 3.8) is 0 Å². The van der Waals surface area contributed by atoms with Crippen LogP contribution < -0.4 is 0 Å². The Bertz CT molecular complexity index is 374. The normalized spacial score (nSPS) is 13.3. The van der Waals surface area contributed by atoms with Crippen LogP contribution in [-0.4, -0.2) is 43.1 Å². The summed E-state index contributed by atoms with van der Waals surface area (Å²) >= 11 is 0. The van der Waals surface area contributed by atoms with Crippen LogP contribution in [0.15, 0.2) is 0 Å². The third-order valence-electron chi connectivity index (χ3n) is 4.54. The van der Waals surface area contributed by atoms with Gasteiger partial charge in [-0.05, 0) is 0 Å². The Kier molecular flexibility index (Phi) is 15.6. The van der Waals surface area contributed by atoms with Gasteiger partial charge in [0.1, 0.15) is 0 Å². The molecule has 1 N–H and O–H groups in total. The minimum Gasteiger partial charge on any atom is -0.279 e. The summed E-state index contributed by atoms with van der Waals surface area (Å²) in [6, 6.07) is 0. The van der Waals surface area contributed by atoms with Gasteiger partial charge in [-0.1, -0.05) is 0 Å². The molecule has 0 saturated heterocycles. The van der Waals surface area contributed by atoms with E-state index < -0.39 is 22.9 Å². The molecule has 0 fully saturated rings. The first kappa shape index (κ1) is 27.3. The van der Waals surface area contributed by atoms with E-state index in [4.69, 9.17) is 13.0 Å². The summed E-state index contributed by atoms with van der Waals surface area (Å²) in [6.45, 7) is 9.44. The fraction of sp³-hybridized carbons (Fsp3) is 1.00. The van der Waals surface area contributed by atoms with Gasteiger partial charge >= 0.3 is 127 Å². The van der Waals surface area contributed by atoms with Gasteiger partial charge in [0.2, 0.25) is 0 Å². The Morgan fingerprint density at radius 2 is 0.920 bits per heavy atom. The van der Waals surface area contributed by atoms with Gasteiger partial charge in [-0.2, -0.15) is 21.6 Å². The summed E-state index contributed by atoms with van der Waals surface area (Å²) in [5, 5.41) is 0. The SMILES string of the molecule is CCCC[PH](CCCC)(CCCC)CCCC.O=S(=O)(O)C(F)(F)F. The van der Waals surface area contributed by atoms with Crippen molar-refractivity contribution < 1.29 is 26.1 Å². The molecule has 0 bridgehead atoms. The monoisotopic (exact) mass is 410 g/mol. The largest absolute Gasteiger partial charge is 0.522 e. The van der Waals surface area contributed by atoms with E-state index in [1.165, 1.54) is 51.4 Å². The molecule has 0 atom stereocenters. The smallest absolute Gasteiger partial charge is 0.279 e. The molecule has 0 aliphatic heterocycles. The molecule has 0 radical (unpaired) electrons. The molecule has 0 saturated carbocycles. The van der Waals surface area contributed by atoms with E-state index in [9.17, 15) is 13.2 Å². The molecule has 0 aliphatic rings. The summed E-state index contributed by atoms with van der Waals surface area (Å²) in [6.07, 6.45) is 18.1. The predicted molar refractivity (Wildman–Crippen MR) is 105 cm³/mol. The van der Waals surface area contributed by atoms with Crippen LogP contribution in [0.4, 0.5) is 13.2 Å². The molecular formula is C17H38F3O3PS. The van der Waals surface area contributed by atoms with E-state index in [-0.39, 0.29) is 0 Å². The standard InChI is InChI=1S/C16H37P.CHF3O3S/c1-5-9-13-17(14-10-6-2,15-11-7-3)16-12-8-4;2-1(3,4)8(5,6)7/h17H,5-16H2,1-4H3;(H,5,6,7). The Balaban J connectivity index is 0. The molecule has 0 rings (SSSR count). The maximum atomic E-state index is 10.7. The van der Waals surface area contributed by atoms with Gasteiger partial charge in [0.25, 0.3) is 0 Å². The average molecular weight is 411 g/mol. The number of alkyl halides is 3. The second kappa shape index (κ2) is 14.2. The van der Waals surface area contributed by atoms with Gasteiger partial charge in [0, 0.05) is 0 Å². The number of hydrogen-bond donors (Lipinski definition) is 1. The minimum atomic E-state index is -5.84. The summed E-state index contributed by atoms with van der Waals surface area (Å²) in [5.41, 5.74) is -5.53. The Morgan fingerprint density at radius 3 is 1.04 bits per heavy atom. The van der Waals surface area contributed by atoms with Crippen molar-refractivity contribution in [1.29, 1.82) is 0 Å². The summed E-state index contributed by atoms with van der Waals surface area (Å²) in [7, 11) is -6.72. The van der Waals surface area contributed by atoms with Gasteiger partial charge < -0.3 is 0 Å². The molecule has 25 heavy (non-hydrogen) atoms. The zero-order valence-corrected chi connectivity index (χ0v) is 18.1. The third-order valence-corrected chi connectivity index (χ3v) is 10.8. The van der Waals surface area contributed by atoms with Crippen LogP contribution in [0.1, 0.15) is 79.1 Å². The summed E-state index contributed by atoms with van der Waals surface area (Å²) in [4.78, 5) is 0. The molecular weight excluding hydrogens is 372 g/mol. The third kappa shape index (κ3) is 13.9. The van der Waals surface area contributed by atoms with E-state index in [1.807, 2.05) is 0 Å². The van der Waals surface area contributed by atoms with Crippen LogP contribution in [-0.2, 0) is 10.1 Å². The van der Waals surface area contributed by atoms with Crippen molar-refractivity contribution >= 4 is 17.4 Å². The molecule has 156 valence electrons. The Hall–Kier alpha value is 0.130. The zero-order valence-electron chi connectivity index (χ0n) is 16.3. The molecule has 0 aromatic carbocycles.